The molecule has 6 heteroatoms. The van der Waals surface area contributed by atoms with Crippen molar-refractivity contribution in [2.75, 3.05) is 32.4 Å². The minimum Gasteiger partial charge on any atom is -0.355 e. The van der Waals surface area contributed by atoms with Gasteiger partial charge in [-0.05, 0) is 18.4 Å². The minimum absolute atomic E-state index is 0. The fourth-order valence-electron chi connectivity index (χ4n) is 2.37. The van der Waals surface area contributed by atoms with Gasteiger partial charge in [0.05, 0.1) is 0 Å². The van der Waals surface area contributed by atoms with Crippen LogP contribution in [-0.2, 0) is 16.6 Å². The first-order valence-corrected chi connectivity index (χ1v) is 8.63. The van der Waals surface area contributed by atoms with Gasteiger partial charge >= 0.3 is 0 Å². The van der Waals surface area contributed by atoms with Crippen LogP contribution < -0.4 is 5.32 Å². The maximum Gasteiger partial charge on any atom is 0.193 e. The van der Waals surface area contributed by atoms with E-state index in [4.69, 9.17) is 0 Å². The van der Waals surface area contributed by atoms with Crippen LogP contribution in [0.1, 0.15) is 18.4 Å². The molecule has 1 aromatic rings. The predicted octanol–water partition coefficient (Wildman–Crippen LogP) is 2.22. The summed E-state index contributed by atoms with van der Waals surface area (Å²) < 4.78 is 12.0. The van der Waals surface area contributed by atoms with Crippen molar-refractivity contribution in [3.63, 3.8) is 0 Å². The normalized spacial score (nSPS) is 16.4. The van der Waals surface area contributed by atoms with Crippen LogP contribution in [0.3, 0.4) is 0 Å². The minimum atomic E-state index is -0.827. The van der Waals surface area contributed by atoms with E-state index in [0.717, 1.165) is 24.6 Å². The predicted molar refractivity (Wildman–Crippen MR) is 101 cm³/mol. The van der Waals surface area contributed by atoms with E-state index in [1.54, 1.807) is 0 Å². The van der Waals surface area contributed by atoms with E-state index in [9.17, 15) is 4.21 Å². The smallest absolute Gasteiger partial charge is 0.193 e. The molecule has 0 saturated carbocycles. The first-order valence-electron chi connectivity index (χ1n) is 7.14. The lowest BCUT2D eigenvalue weighted by Gasteiger charge is -2.20. The highest BCUT2D eigenvalue weighted by molar-refractivity contribution is 14.0. The van der Waals surface area contributed by atoms with Crippen LogP contribution in [0.25, 0.3) is 0 Å². The molecule has 1 fully saturated rings. The first-order chi connectivity index (χ1) is 9.79. The van der Waals surface area contributed by atoms with Gasteiger partial charge < -0.3 is 10.2 Å². The number of halogens is 1. The lowest BCUT2D eigenvalue weighted by Crippen LogP contribution is -2.41. The van der Waals surface area contributed by atoms with Crippen LogP contribution in [0.5, 0.6) is 0 Å². The van der Waals surface area contributed by atoms with Gasteiger partial charge in [0.25, 0.3) is 0 Å². The fraction of sp³-hybridized carbons (Fsp3) is 0.533. The van der Waals surface area contributed by atoms with Crippen LogP contribution in [0.15, 0.2) is 35.3 Å². The monoisotopic (exact) mass is 421 g/mol. The van der Waals surface area contributed by atoms with E-state index in [2.05, 4.69) is 15.2 Å². The number of nitrogens with zero attached hydrogens (tertiary/aromatic N) is 2. The van der Waals surface area contributed by atoms with Crippen LogP contribution in [0.4, 0.5) is 0 Å². The second-order valence-electron chi connectivity index (χ2n) is 4.94. The lowest BCUT2D eigenvalue weighted by atomic mass is 10.2. The number of rotatable bonds is 5. The Morgan fingerprint density at radius 2 is 1.95 bits per heavy atom. The molecule has 21 heavy (non-hydrogen) atoms. The van der Waals surface area contributed by atoms with Crippen LogP contribution in [0, 0.1) is 0 Å². The standard InChI is InChI=1S/C15H23N3OS.HI/c1-16-15(18-10-5-6-11-18)17-9-12-20(19)13-14-7-3-2-4-8-14;/h2-4,7-8H,5-6,9-13H2,1H3,(H,16,17);1H. The highest BCUT2D eigenvalue weighted by atomic mass is 127. The van der Waals surface area contributed by atoms with Crippen molar-refractivity contribution in [1.29, 1.82) is 0 Å². The van der Waals surface area contributed by atoms with Gasteiger partial charge in [0.15, 0.2) is 5.96 Å². The molecule has 0 aromatic heterocycles. The van der Waals surface area contributed by atoms with Crippen molar-refractivity contribution in [2.24, 2.45) is 4.99 Å². The van der Waals surface area contributed by atoms with E-state index < -0.39 is 10.8 Å². The highest BCUT2D eigenvalue weighted by Crippen LogP contribution is 2.07. The molecule has 0 spiro atoms. The molecule has 0 bridgehead atoms. The molecule has 2 rings (SSSR count). The molecule has 1 saturated heterocycles. The maximum atomic E-state index is 12.0. The van der Waals surface area contributed by atoms with Gasteiger partial charge in [-0.3, -0.25) is 9.20 Å². The summed E-state index contributed by atoms with van der Waals surface area (Å²) in [5, 5.41) is 3.31. The molecular weight excluding hydrogens is 397 g/mol. The zero-order valence-corrected chi connectivity index (χ0v) is 15.6. The van der Waals surface area contributed by atoms with Crippen molar-refractivity contribution >= 4 is 40.7 Å². The quantitative estimate of drug-likeness (QED) is 0.451. The Labute approximate surface area is 146 Å². The molecular formula is C15H24IN3OS. The van der Waals surface area contributed by atoms with Crippen molar-refractivity contribution in [2.45, 2.75) is 18.6 Å². The molecule has 0 aliphatic carbocycles. The molecule has 0 radical (unpaired) electrons. The average molecular weight is 421 g/mol. The third kappa shape index (κ3) is 6.34. The number of likely N-dealkylation sites (tertiary alicyclic amines) is 1. The van der Waals surface area contributed by atoms with Gasteiger partial charge in [0.1, 0.15) is 0 Å². The summed E-state index contributed by atoms with van der Waals surface area (Å²) in [6.07, 6.45) is 2.47. The van der Waals surface area contributed by atoms with Crippen molar-refractivity contribution in [3.05, 3.63) is 35.9 Å². The molecule has 1 heterocycles. The van der Waals surface area contributed by atoms with Gasteiger partial charge in [0.2, 0.25) is 0 Å². The molecule has 4 nitrogen and oxygen atoms in total. The number of benzene rings is 1. The Morgan fingerprint density at radius 1 is 1.29 bits per heavy atom. The van der Waals surface area contributed by atoms with E-state index in [1.165, 1.54) is 12.8 Å². The lowest BCUT2D eigenvalue weighted by molar-refractivity contribution is 0.496. The molecule has 1 N–H and O–H groups in total. The number of aliphatic imine (C=N–C) groups is 1. The van der Waals surface area contributed by atoms with E-state index >= 15 is 0 Å². The van der Waals surface area contributed by atoms with Crippen LogP contribution in [0.2, 0.25) is 0 Å². The molecule has 1 aliphatic rings. The fourth-order valence-corrected chi connectivity index (χ4v) is 3.41. The number of nitrogens with one attached hydrogen (secondary N) is 1. The summed E-state index contributed by atoms with van der Waals surface area (Å²) in [5.74, 6) is 2.23. The molecule has 118 valence electrons. The third-order valence-electron chi connectivity index (χ3n) is 3.40. The maximum absolute atomic E-state index is 12.0. The van der Waals surface area contributed by atoms with Gasteiger partial charge in [-0.15, -0.1) is 24.0 Å². The van der Waals surface area contributed by atoms with Gasteiger partial charge in [-0.1, -0.05) is 30.3 Å². The summed E-state index contributed by atoms with van der Waals surface area (Å²) >= 11 is 0. The summed E-state index contributed by atoms with van der Waals surface area (Å²) in [6.45, 7) is 2.86. The van der Waals surface area contributed by atoms with E-state index in [0.29, 0.717) is 18.1 Å². The molecule has 1 atom stereocenters. The second-order valence-corrected chi connectivity index (χ2v) is 6.52. The van der Waals surface area contributed by atoms with Gasteiger partial charge in [-0.25, -0.2) is 0 Å². The summed E-state index contributed by atoms with van der Waals surface area (Å²) in [5.41, 5.74) is 1.13. The number of hydrogen-bond donors (Lipinski definition) is 1. The highest BCUT2D eigenvalue weighted by Gasteiger charge is 2.15. The van der Waals surface area contributed by atoms with Crippen molar-refractivity contribution in [1.82, 2.24) is 10.2 Å². The number of hydrogen-bond acceptors (Lipinski definition) is 2. The zero-order valence-electron chi connectivity index (χ0n) is 12.5. The Morgan fingerprint density at radius 3 is 2.57 bits per heavy atom. The first kappa shape index (κ1) is 18.4. The second kappa shape index (κ2) is 10.2. The summed E-state index contributed by atoms with van der Waals surface area (Å²) in [6, 6.07) is 10.00. The van der Waals surface area contributed by atoms with Gasteiger partial charge in [0, 0.05) is 49.0 Å². The molecule has 1 unspecified atom stereocenters. The molecule has 1 aromatic carbocycles. The zero-order chi connectivity index (χ0) is 14.2. The summed E-state index contributed by atoms with van der Waals surface area (Å²) in [4.78, 5) is 6.55. The third-order valence-corrected chi connectivity index (χ3v) is 4.72. The van der Waals surface area contributed by atoms with Gasteiger partial charge in [-0.2, -0.15) is 0 Å². The average Bonchev–Trinajstić information content (AvgIpc) is 2.99. The summed E-state index contributed by atoms with van der Waals surface area (Å²) in [7, 11) is 0.980. The Hall–Kier alpha value is -0.630. The molecule has 0 amide bonds. The SMILES string of the molecule is CN=C(NCCS(=O)Cc1ccccc1)N1CCCC1.I. The number of guanidine groups is 1. The van der Waals surface area contributed by atoms with Crippen molar-refractivity contribution < 1.29 is 4.21 Å². The van der Waals surface area contributed by atoms with Crippen LogP contribution in [-0.4, -0.2) is 47.5 Å². The Kier molecular flexibility index (Phi) is 8.91. The molecule has 1 aliphatic heterocycles. The van der Waals surface area contributed by atoms with E-state index in [-0.39, 0.29) is 24.0 Å². The van der Waals surface area contributed by atoms with E-state index in [1.807, 2.05) is 37.4 Å². The van der Waals surface area contributed by atoms with Crippen molar-refractivity contribution in [3.8, 4) is 0 Å². The topological polar surface area (TPSA) is 44.7 Å². The van der Waals surface area contributed by atoms with Crippen LogP contribution >= 0.6 is 24.0 Å². The largest absolute Gasteiger partial charge is 0.355 e. The Balaban J connectivity index is 0.00000220. The Bertz CT molecular complexity index is 461.